The average molecular weight is 367 g/mol. The molecule has 0 aromatic heterocycles. The highest BCUT2D eigenvalue weighted by Crippen LogP contribution is 2.39. The van der Waals surface area contributed by atoms with Gasteiger partial charge in [0.15, 0.2) is 11.5 Å². The molecule has 0 atom stereocenters. The van der Waals surface area contributed by atoms with Crippen LogP contribution in [0.1, 0.15) is 23.1 Å². The van der Waals surface area contributed by atoms with Crippen molar-refractivity contribution in [3.63, 3.8) is 0 Å². The average Bonchev–Trinajstić information content (AvgIpc) is 3.23. The predicted octanol–water partition coefficient (Wildman–Crippen LogP) is 3.23. The molecule has 7 nitrogen and oxygen atoms in total. The highest BCUT2D eigenvalue weighted by Gasteiger charge is 2.20. The van der Waals surface area contributed by atoms with Gasteiger partial charge in [0.05, 0.1) is 27.0 Å². The molecule has 1 aliphatic heterocycles. The highest BCUT2D eigenvalue weighted by molar-refractivity contribution is 6.17. The van der Waals surface area contributed by atoms with Crippen molar-refractivity contribution in [2.75, 3.05) is 27.1 Å². The largest absolute Gasteiger partial charge is 0.493 e. The van der Waals surface area contributed by atoms with E-state index in [2.05, 4.69) is 10.1 Å². The van der Waals surface area contributed by atoms with Gasteiger partial charge in [-0.15, -0.1) is 0 Å². The van der Waals surface area contributed by atoms with Gasteiger partial charge in [0.2, 0.25) is 5.75 Å². The van der Waals surface area contributed by atoms with E-state index in [4.69, 9.17) is 19.9 Å². The third-order valence-corrected chi connectivity index (χ3v) is 4.33. The standard InChI is InChI=1S/C20H21N3O4/c1-25-17-10-13(11-18(26-2)20(17)27-3)19(23-24)14-9-12(6-7-15(14)21)16-5-4-8-22-16/h4,6-11,24H,5,21H2,1-3H3/b23-19+. The Bertz CT molecular complexity index is 923. The third-order valence-electron chi connectivity index (χ3n) is 4.33. The molecule has 0 bridgehead atoms. The van der Waals surface area contributed by atoms with Crippen LogP contribution < -0.4 is 19.9 Å². The predicted molar refractivity (Wildman–Crippen MR) is 105 cm³/mol. The van der Waals surface area contributed by atoms with E-state index < -0.39 is 0 Å². The summed E-state index contributed by atoms with van der Waals surface area (Å²) in [7, 11) is 4.58. The number of ether oxygens (including phenoxy) is 3. The molecule has 0 saturated heterocycles. The molecule has 7 heteroatoms. The van der Waals surface area contributed by atoms with Gasteiger partial charge < -0.3 is 25.2 Å². The summed E-state index contributed by atoms with van der Waals surface area (Å²) in [4.78, 5) is 4.35. The molecular weight excluding hydrogens is 346 g/mol. The van der Waals surface area contributed by atoms with Crippen molar-refractivity contribution in [3.05, 3.63) is 59.3 Å². The van der Waals surface area contributed by atoms with Crippen LogP contribution >= 0.6 is 0 Å². The van der Waals surface area contributed by atoms with E-state index in [9.17, 15) is 5.21 Å². The van der Waals surface area contributed by atoms with Crippen LogP contribution in [-0.2, 0) is 0 Å². The van der Waals surface area contributed by atoms with Gasteiger partial charge in [-0.25, -0.2) is 0 Å². The molecule has 1 heterocycles. The topological polar surface area (TPSA) is 98.7 Å². The van der Waals surface area contributed by atoms with Crippen molar-refractivity contribution in [2.24, 2.45) is 10.1 Å². The molecule has 2 aromatic carbocycles. The normalized spacial score (nSPS) is 13.4. The first-order valence-corrected chi connectivity index (χ1v) is 8.27. The number of nitrogens with zero attached hydrogens (tertiary/aromatic N) is 2. The van der Waals surface area contributed by atoms with Gasteiger partial charge in [0, 0.05) is 29.4 Å². The molecule has 27 heavy (non-hydrogen) atoms. The fourth-order valence-electron chi connectivity index (χ4n) is 2.98. The monoisotopic (exact) mass is 367 g/mol. The van der Waals surface area contributed by atoms with E-state index in [1.807, 2.05) is 18.2 Å². The second-order valence-corrected chi connectivity index (χ2v) is 5.83. The van der Waals surface area contributed by atoms with Crippen LogP contribution in [0.4, 0.5) is 5.69 Å². The molecular formula is C20H21N3O4. The van der Waals surface area contributed by atoms with Gasteiger partial charge in [0.1, 0.15) is 5.71 Å². The molecule has 2 aromatic rings. The maximum atomic E-state index is 9.74. The number of allylic oxidation sites excluding steroid dienone is 1. The molecule has 0 fully saturated rings. The summed E-state index contributed by atoms with van der Waals surface area (Å²) >= 11 is 0. The number of hydrogen-bond donors (Lipinski definition) is 2. The van der Waals surface area contributed by atoms with Crippen LogP contribution in [0, 0.1) is 0 Å². The van der Waals surface area contributed by atoms with Crippen LogP contribution in [0.2, 0.25) is 0 Å². The zero-order valence-electron chi connectivity index (χ0n) is 15.4. The lowest BCUT2D eigenvalue weighted by molar-refractivity contribution is 0.318. The molecule has 0 aliphatic carbocycles. The smallest absolute Gasteiger partial charge is 0.203 e. The maximum absolute atomic E-state index is 9.74. The summed E-state index contributed by atoms with van der Waals surface area (Å²) in [6.45, 7) is 0. The Labute approximate surface area is 157 Å². The van der Waals surface area contributed by atoms with Gasteiger partial charge in [-0.05, 0) is 29.8 Å². The first kappa shape index (κ1) is 18.3. The van der Waals surface area contributed by atoms with Crippen molar-refractivity contribution in [1.82, 2.24) is 0 Å². The molecule has 0 unspecified atom stereocenters. The molecule has 0 saturated carbocycles. The summed E-state index contributed by atoms with van der Waals surface area (Å²) in [5.74, 6) is 1.35. The van der Waals surface area contributed by atoms with E-state index in [-0.39, 0.29) is 0 Å². The molecule has 140 valence electrons. The van der Waals surface area contributed by atoms with E-state index in [1.54, 1.807) is 24.4 Å². The molecule has 1 aliphatic rings. The second-order valence-electron chi connectivity index (χ2n) is 5.83. The van der Waals surface area contributed by atoms with Crippen molar-refractivity contribution in [2.45, 2.75) is 6.42 Å². The van der Waals surface area contributed by atoms with Crippen molar-refractivity contribution < 1.29 is 19.4 Å². The van der Waals surface area contributed by atoms with Crippen molar-refractivity contribution in [1.29, 1.82) is 0 Å². The highest BCUT2D eigenvalue weighted by atomic mass is 16.5. The van der Waals surface area contributed by atoms with Crippen LogP contribution in [-0.4, -0.2) is 38.0 Å². The minimum atomic E-state index is 0.292. The van der Waals surface area contributed by atoms with Gasteiger partial charge >= 0.3 is 0 Å². The number of anilines is 1. The van der Waals surface area contributed by atoms with Crippen molar-refractivity contribution in [3.8, 4) is 17.2 Å². The quantitative estimate of drug-likeness (QED) is 0.353. The minimum Gasteiger partial charge on any atom is -0.493 e. The van der Waals surface area contributed by atoms with Crippen LogP contribution in [0.15, 0.2) is 52.8 Å². The Hall–Kier alpha value is -3.48. The number of benzene rings is 2. The molecule has 0 radical (unpaired) electrons. The fourth-order valence-corrected chi connectivity index (χ4v) is 2.98. The lowest BCUT2D eigenvalue weighted by atomic mass is 9.96. The van der Waals surface area contributed by atoms with E-state index in [0.29, 0.717) is 39.8 Å². The summed E-state index contributed by atoms with van der Waals surface area (Å²) in [6, 6.07) is 8.94. The third kappa shape index (κ3) is 3.44. The zero-order chi connectivity index (χ0) is 19.4. The number of nitrogens with two attached hydrogens (primary N) is 1. The summed E-state index contributed by atoms with van der Waals surface area (Å²) in [5, 5.41) is 13.2. The van der Waals surface area contributed by atoms with E-state index in [0.717, 1.165) is 17.7 Å². The Morgan fingerprint density at radius 1 is 1.07 bits per heavy atom. The Kier molecular flexibility index (Phi) is 5.30. The van der Waals surface area contributed by atoms with Gasteiger partial charge in [-0.2, -0.15) is 0 Å². The summed E-state index contributed by atoms with van der Waals surface area (Å²) < 4.78 is 16.1. The molecule has 3 N–H and O–H groups in total. The first-order valence-electron chi connectivity index (χ1n) is 8.27. The van der Waals surface area contributed by atoms with Gasteiger partial charge in [-0.3, -0.25) is 4.99 Å². The van der Waals surface area contributed by atoms with Crippen LogP contribution in [0.5, 0.6) is 17.2 Å². The number of rotatable bonds is 6. The van der Waals surface area contributed by atoms with Gasteiger partial charge in [0.25, 0.3) is 0 Å². The molecule has 3 rings (SSSR count). The first-order chi connectivity index (χ1) is 13.1. The molecule has 0 amide bonds. The van der Waals surface area contributed by atoms with Crippen LogP contribution in [0.25, 0.3) is 0 Å². The SMILES string of the molecule is COc1cc(/C(=N\O)c2cc(C3=NC=CC3)ccc2N)cc(OC)c1OC. The number of hydrogen-bond acceptors (Lipinski definition) is 7. The Morgan fingerprint density at radius 2 is 1.78 bits per heavy atom. The number of aliphatic imine (C=N–C) groups is 1. The van der Waals surface area contributed by atoms with E-state index in [1.165, 1.54) is 21.3 Å². The Balaban J connectivity index is 2.12. The number of nitrogen functional groups attached to an aromatic ring is 1. The fraction of sp³-hybridized carbons (Fsp3) is 0.200. The Morgan fingerprint density at radius 3 is 2.30 bits per heavy atom. The maximum Gasteiger partial charge on any atom is 0.203 e. The van der Waals surface area contributed by atoms with Crippen LogP contribution in [0.3, 0.4) is 0 Å². The van der Waals surface area contributed by atoms with E-state index >= 15 is 0 Å². The molecule has 0 spiro atoms. The van der Waals surface area contributed by atoms with Crippen molar-refractivity contribution >= 4 is 17.1 Å². The lowest BCUT2D eigenvalue weighted by Gasteiger charge is -2.16. The summed E-state index contributed by atoms with van der Waals surface area (Å²) in [6.07, 6.45) is 4.50. The number of oxime groups is 1. The second kappa shape index (κ2) is 7.82. The lowest BCUT2D eigenvalue weighted by Crippen LogP contribution is -2.10. The summed E-state index contributed by atoms with van der Waals surface area (Å²) in [5.41, 5.74) is 9.93. The zero-order valence-corrected chi connectivity index (χ0v) is 15.4. The number of methoxy groups -OCH3 is 3. The van der Waals surface area contributed by atoms with Gasteiger partial charge in [-0.1, -0.05) is 17.3 Å². The minimum absolute atomic E-state index is 0.292.